The van der Waals surface area contributed by atoms with Crippen LogP contribution in [0.3, 0.4) is 0 Å². The molecule has 1 saturated heterocycles. The van der Waals surface area contributed by atoms with Gasteiger partial charge in [-0.15, -0.1) is 0 Å². The predicted molar refractivity (Wildman–Crippen MR) is 59.8 cm³/mol. The molecule has 6 nitrogen and oxygen atoms in total. The highest BCUT2D eigenvalue weighted by atomic mass is 16.5. The zero-order valence-corrected chi connectivity index (χ0v) is 9.87. The van der Waals surface area contributed by atoms with Crippen LogP contribution in [-0.4, -0.2) is 45.7 Å². The van der Waals surface area contributed by atoms with Crippen molar-refractivity contribution in [1.82, 2.24) is 14.8 Å². The molecular formula is C11H17N3O3. The molecule has 1 aliphatic rings. The fourth-order valence-electron chi connectivity index (χ4n) is 1.97. The molecule has 0 spiro atoms. The van der Waals surface area contributed by atoms with E-state index in [0.29, 0.717) is 25.3 Å². The highest BCUT2D eigenvalue weighted by Crippen LogP contribution is 2.21. The van der Waals surface area contributed by atoms with Gasteiger partial charge in [0.15, 0.2) is 0 Å². The SMILES string of the molecule is CCOC(=O)c1cnn(C2CCN(O)CC2)c1. The molecule has 17 heavy (non-hydrogen) atoms. The summed E-state index contributed by atoms with van der Waals surface area (Å²) < 4.78 is 6.70. The van der Waals surface area contributed by atoms with E-state index in [1.165, 1.54) is 11.3 Å². The van der Waals surface area contributed by atoms with Crippen molar-refractivity contribution < 1.29 is 14.7 Å². The summed E-state index contributed by atoms with van der Waals surface area (Å²) in [5, 5.41) is 14.8. The number of nitrogens with zero attached hydrogens (tertiary/aromatic N) is 3. The number of ether oxygens (including phenoxy) is 1. The Morgan fingerprint density at radius 1 is 1.59 bits per heavy atom. The summed E-state index contributed by atoms with van der Waals surface area (Å²) in [6.07, 6.45) is 4.92. The summed E-state index contributed by atoms with van der Waals surface area (Å²) in [5.41, 5.74) is 0.485. The minimum Gasteiger partial charge on any atom is -0.462 e. The van der Waals surface area contributed by atoms with E-state index in [-0.39, 0.29) is 12.0 Å². The van der Waals surface area contributed by atoms with Crippen LogP contribution in [0.4, 0.5) is 0 Å². The van der Waals surface area contributed by atoms with Crippen molar-refractivity contribution in [1.29, 1.82) is 0 Å². The van der Waals surface area contributed by atoms with Crippen LogP contribution in [0.5, 0.6) is 0 Å². The van der Waals surface area contributed by atoms with Gasteiger partial charge in [-0.2, -0.15) is 10.2 Å². The normalized spacial score (nSPS) is 18.2. The van der Waals surface area contributed by atoms with Crippen molar-refractivity contribution in [3.63, 3.8) is 0 Å². The van der Waals surface area contributed by atoms with Gasteiger partial charge in [0.1, 0.15) is 0 Å². The molecule has 1 N–H and O–H groups in total. The molecule has 0 radical (unpaired) electrons. The second-order valence-corrected chi connectivity index (χ2v) is 4.11. The summed E-state index contributed by atoms with van der Waals surface area (Å²) in [5.74, 6) is -0.335. The van der Waals surface area contributed by atoms with Crippen LogP contribution in [-0.2, 0) is 4.74 Å². The molecule has 1 aromatic heterocycles. The van der Waals surface area contributed by atoms with E-state index in [4.69, 9.17) is 4.74 Å². The first-order chi connectivity index (χ1) is 8.20. The zero-order chi connectivity index (χ0) is 12.3. The van der Waals surface area contributed by atoms with Crippen molar-refractivity contribution in [2.24, 2.45) is 0 Å². The summed E-state index contributed by atoms with van der Waals surface area (Å²) >= 11 is 0. The van der Waals surface area contributed by atoms with E-state index in [9.17, 15) is 10.0 Å². The van der Waals surface area contributed by atoms with E-state index in [1.807, 2.05) is 0 Å². The predicted octanol–water partition coefficient (Wildman–Crippen LogP) is 1.09. The first-order valence-electron chi connectivity index (χ1n) is 5.85. The number of aromatic nitrogens is 2. The molecule has 0 unspecified atom stereocenters. The number of hydrogen-bond donors (Lipinski definition) is 1. The van der Waals surface area contributed by atoms with E-state index in [0.717, 1.165) is 12.8 Å². The van der Waals surface area contributed by atoms with Gasteiger partial charge in [-0.1, -0.05) is 0 Å². The van der Waals surface area contributed by atoms with Crippen molar-refractivity contribution in [2.45, 2.75) is 25.8 Å². The fraction of sp³-hybridized carbons (Fsp3) is 0.636. The fourth-order valence-corrected chi connectivity index (χ4v) is 1.97. The van der Waals surface area contributed by atoms with Gasteiger partial charge in [-0.3, -0.25) is 4.68 Å². The Labute approximate surface area is 99.7 Å². The zero-order valence-electron chi connectivity index (χ0n) is 9.87. The maximum atomic E-state index is 11.5. The van der Waals surface area contributed by atoms with Gasteiger partial charge in [0.05, 0.1) is 24.4 Å². The van der Waals surface area contributed by atoms with Gasteiger partial charge in [0.25, 0.3) is 0 Å². The third-order valence-corrected chi connectivity index (χ3v) is 2.93. The molecular weight excluding hydrogens is 222 g/mol. The topological polar surface area (TPSA) is 67.6 Å². The van der Waals surface area contributed by atoms with E-state index < -0.39 is 0 Å². The Morgan fingerprint density at radius 3 is 2.94 bits per heavy atom. The first kappa shape index (κ1) is 12.1. The maximum absolute atomic E-state index is 11.5. The van der Waals surface area contributed by atoms with Gasteiger partial charge in [0, 0.05) is 19.3 Å². The summed E-state index contributed by atoms with van der Waals surface area (Å²) in [6, 6.07) is 0.251. The van der Waals surface area contributed by atoms with Crippen molar-refractivity contribution in [2.75, 3.05) is 19.7 Å². The minimum atomic E-state index is -0.335. The molecule has 1 fully saturated rings. The van der Waals surface area contributed by atoms with Crippen molar-refractivity contribution >= 4 is 5.97 Å². The lowest BCUT2D eigenvalue weighted by Gasteiger charge is -2.27. The number of piperidine rings is 1. The van der Waals surface area contributed by atoms with E-state index in [2.05, 4.69) is 5.10 Å². The second-order valence-electron chi connectivity index (χ2n) is 4.11. The van der Waals surface area contributed by atoms with Gasteiger partial charge in [-0.05, 0) is 19.8 Å². The maximum Gasteiger partial charge on any atom is 0.341 e. The Hall–Kier alpha value is -1.40. The number of rotatable bonds is 3. The monoisotopic (exact) mass is 239 g/mol. The molecule has 94 valence electrons. The highest BCUT2D eigenvalue weighted by Gasteiger charge is 2.21. The summed E-state index contributed by atoms with van der Waals surface area (Å²) in [4.78, 5) is 11.5. The largest absolute Gasteiger partial charge is 0.462 e. The van der Waals surface area contributed by atoms with Crippen molar-refractivity contribution in [3.05, 3.63) is 18.0 Å². The second kappa shape index (κ2) is 5.29. The molecule has 2 rings (SSSR count). The lowest BCUT2D eigenvalue weighted by atomic mass is 10.1. The molecule has 0 aromatic carbocycles. The van der Waals surface area contributed by atoms with Crippen LogP contribution < -0.4 is 0 Å². The van der Waals surface area contributed by atoms with Crippen LogP contribution in [0.25, 0.3) is 0 Å². The number of hydrogen-bond acceptors (Lipinski definition) is 5. The third kappa shape index (κ3) is 2.83. The average molecular weight is 239 g/mol. The van der Waals surface area contributed by atoms with E-state index >= 15 is 0 Å². The number of esters is 1. The summed E-state index contributed by atoms with van der Waals surface area (Å²) in [7, 11) is 0. The number of carbonyl (C=O) groups is 1. The molecule has 2 heterocycles. The molecule has 0 aliphatic carbocycles. The lowest BCUT2D eigenvalue weighted by Crippen LogP contribution is -2.32. The molecule has 1 aliphatic heterocycles. The molecule has 0 atom stereocenters. The Bertz CT molecular complexity index is 383. The average Bonchev–Trinajstić information content (AvgIpc) is 2.80. The summed E-state index contributed by atoms with van der Waals surface area (Å²) in [6.45, 7) is 3.42. The van der Waals surface area contributed by atoms with Gasteiger partial charge in [-0.25, -0.2) is 4.79 Å². The standard InChI is InChI=1S/C11H17N3O3/c1-2-17-11(15)9-7-12-14(8-9)10-3-5-13(16)6-4-10/h7-8,10,16H,2-6H2,1H3. The van der Waals surface area contributed by atoms with E-state index in [1.54, 1.807) is 17.8 Å². The number of carbonyl (C=O) groups excluding carboxylic acids is 1. The van der Waals surface area contributed by atoms with Gasteiger partial charge >= 0.3 is 5.97 Å². The van der Waals surface area contributed by atoms with Crippen LogP contribution in [0.2, 0.25) is 0 Å². The molecule has 0 amide bonds. The first-order valence-corrected chi connectivity index (χ1v) is 5.85. The Balaban J connectivity index is 2.00. The molecule has 6 heteroatoms. The van der Waals surface area contributed by atoms with Gasteiger partial charge < -0.3 is 9.94 Å². The van der Waals surface area contributed by atoms with Crippen LogP contribution in [0.1, 0.15) is 36.2 Å². The minimum absolute atomic E-state index is 0.251. The smallest absolute Gasteiger partial charge is 0.341 e. The molecule has 1 aromatic rings. The third-order valence-electron chi connectivity index (χ3n) is 2.93. The van der Waals surface area contributed by atoms with Crippen LogP contribution in [0, 0.1) is 0 Å². The lowest BCUT2D eigenvalue weighted by molar-refractivity contribution is -0.111. The highest BCUT2D eigenvalue weighted by molar-refractivity contribution is 5.88. The molecule has 0 saturated carbocycles. The Kier molecular flexibility index (Phi) is 3.75. The van der Waals surface area contributed by atoms with Gasteiger partial charge in [0.2, 0.25) is 0 Å². The molecule has 0 bridgehead atoms. The van der Waals surface area contributed by atoms with Crippen LogP contribution >= 0.6 is 0 Å². The quantitative estimate of drug-likeness (QED) is 0.799. The number of hydroxylamine groups is 2. The van der Waals surface area contributed by atoms with Crippen molar-refractivity contribution in [3.8, 4) is 0 Å². The van der Waals surface area contributed by atoms with Crippen LogP contribution in [0.15, 0.2) is 12.4 Å². The Morgan fingerprint density at radius 2 is 2.29 bits per heavy atom.